The van der Waals surface area contributed by atoms with Crippen molar-refractivity contribution in [1.29, 1.82) is 5.26 Å². The molecule has 4 heteroatoms. The first-order valence-corrected chi connectivity index (χ1v) is 3.92. The van der Waals surface area contributed by atoms with Crippen molar-refractivity contribution in [3.63, 3.8) is 0 Å². The van der Waals surface area contributed by atoms with E-state index in [-0.39, 0.29) is 0 Å². The maximum atomic E-state index is 8.67. The van der Waals surface area contributed by atoms with Crippen LogP contribution in [0.1, 0.15) is 13.8 Å². The molecule has 0 N–H and O–H groups in total. The Morgan fingerprint density at radius 3 is 2.23 bits per heavy atom. The summed E-state index contributed by atoms with van der Waals surface area (Å²) >= 11 is 0. The molecule has 0 amide bonds. The minimum atomic E-state index is -1.17. The third-order valence-electron chi connectivity index (χ3n) is 1.58. The highest BCUT2D eigenvalue weighted by molar-refractivity contribution is 5.01. The van der Waals surface area contributed by atoms with Crippen LogP contribution in [0.3, 0.4) is 0 Å². The smallest absolute Gasteiger partial charge is 0.280 e. The number of ether oxygens (including phenoxy) is 3. The number of hydrogen-bond acceptors (Lipinski definition) is 4. The lowest BCUT2D eigenvalue weighted by molar-refractivity contribution is -0.354. The summed E-state index contributed by atoms with van der Waals surface area (Å²) in [5, 5.41) is 8.67. The Balaban J connectivity index is 4.29. The summed E-state index contributed by atoms with van der Waals surface area (Å²) < 4.78 is 15.1. The quantitative estimate of drug-likeness (QED) is 0.480. The molecule has 0 heterocycles. The molecule has 0 aromatic carbocycles. The van der Waals surface area contributed by atoms with Crippen LogP contribution in [0.25, 0.3) is 0 Å². The van der Waals surface area contributed by atoms with Crippen LogP contribution in [-0.2, 0) is 14.2 Å². The summed E-state index contributed by atoms with van der Waals surface area (Å²) in [6.45, 7) is 3.41. The van der Waals surface area contributed by atoms with E-state index in [0.717, 1.165) is 0 Å². The fourth-order valence-electron chi connectivity index (χ4n) is 0.694. The van der Waals surface area contributed by atoms with E-state index in [0.29, 0.717) is 0 Å². The van der Waals surface area contributed by atoms with Crippen molar-refractivity contribution in [2.45, 2.75) is 25.9 Å². The zero-order valence-electron chi connectivity index (χ0n) is 8.40. The number of hydrogen-bond donors (Lipinski definition) is 0. The maximum Gasteiger partial charge on any atom is 0.280 e. The van der Waals surface area contributed by atoms with Crippen molar-refractivity contribution < 1.29 is 14.2 Å². The first kappa shape index (κ1) is 12.1. The fraction of sp³-hybridized carbons (Fsp3) is 0.667. The Hall–Kier alpha value is -0.890. The molecule has 0 rings (SSSR count). The van der Waals surface area contributed by atoms with Crippen molar-refractivity contribution in [1.82, 2.24) is 0 Å². The third kappa shape index (κ3) is 4.04. The average molecular weight is 185 g/mol. The van der Waals surface area contributed by atoms with Gasteiger partial charge in [0.25, 0.3) is 5.97 Å². The normalized spacial score (nSPS) is 14.4. The minimum absolute atomic E-state index is 0.658. The average Bonchev–Trinajstić information content (AvgIpc) is 2.17. The summed E-state index contributed by atoms with van der Waals surface area (Å²) in [4.78, 5) is 0. The summed E-state index contributed by atoms with van der Waals surface area (Å²) in [5.74, 6) is -1.17. The summed E-state index contributed by atoms with van der Waals surface area (Å²) in [6, 6.07) is 1.96. The molecule has 0 aliphatic rings. The van der Waals surface area contributed by atoms with Gasteiger partial charge in [0.05, 0.1) is 6.07 Å². The van der Waals surface area contributed by atoms with Crippen LogP contribution in [0.2, 0.25) is 0 Å². The molecule has 1 unspecified atom stereocenters. The predicted octanol–water partition coefficient (Wildman–Crippen LogP) is 1.44. The fourth-order valence-corrected chi connectivity index (χ4v) is 0.694. The highest BCUT2D eigenvalue weighted by atomic mass is 16.9. The van der Waals surface area contributed by atoms with Crippen LogP contribution in [0.15, 0.2) is 12.2 Å². The second-order valence-corrected chi connectivity index (χ2v) is 2.46. The largest absolute Gasteiger partial charge is 0.331 e. The lowest BCUT2D eigenvalue weighted by Crippen LogP contribution is -2.36. The molecule has 0 fully saturated rings. The number of methoxy groups -OCH3 is 2. The number of rotatable bonds is 5. The molecule has 0 spiro atoms. The van der Waals surface area contributed by atoms with E-state index >= 15 is 0 Å². The number of nitrogens with zero attached hydrogens (tertiary/aromatic N) is 1. The van der Waals surface area contributed by atoms with Gasteiger partial charge in [-0.2, -0.15) is 5.26 Å². The molecule has 0 radical (unpaired) electrons. The van der Waals surface area contributed by atoms with E-state index < -0.39 is 12.1 Å². The molecule has 0 aromatic heterocycles. The monoisotopic (exact) mass is 185 g/mol. The van der Waals surface area contributed by atoms with Gasteiger partial charge in [0.2, 0.25) is 0 Å². The molecule has 0 bridgehead atoms. The topological polar surface area (TPSA) is 51.5 Å². The molecule has 74 valence electrons. The Bertz CT molecular complexity index is 203. The minimum Gasteiger partial charge on any atom is -0.331 e. The van der Waals surface area contributed by atoms with Crippen LogP contribution >= 0.6 is 0 Å². The van der Waals surface area contributed by atoms with Gasteiger partial charge in [0, 0.05) is 21.1 Å². The standard InChI is InChI=1S/C9H15NO3/c1-5-6-8(7-10)13-9(2,11-3)12-4/h5-6,8H,1-4H3/b6-5+. The predicted molar refractivity (Wildman–Crippen MR) is 47.7 cm³/mol. The maximum absolute atomic E-state index is 8.67. The molecule has 0 aromatic rings. The molecular weight excluding hydrogens is 170 g/mol. The van der Waals surface area contributed by atoms with E-state index in [1.807, 2.05) is 13.0 Å². The van der Waals surface area contributed by atoms with Crippen molar-refractivity contribution in [3.05, 3.63) is 12.2 Å². The van der Waals surface area contributed by atoms with Gasteiger partial charge in [0.15, 0.2) is 6.10 Å². The molecule has 0 saturated heterocycles. The van der Waals surface area contributed by atoms with E-state index in [1.165, 1.54) is 14.2 Å². The first-order valence-electron chi connectivity index (χ1n) is 3.92. The molecular formula is C9H15NO3. The van der Waals surface area contributed by atoms with Crippen LogP contribution < -0.4 is 0 Å². The van der Waals surface area contributed by atoms with Gasteiger partial charge in [-0.25, -0.2) is 0 Å². The van der Waals surface area contributed by atoms with Crippen LogP contribution in [0.4, 0.5) is 0 Å². The Morgan fingerprint density at radius 2 is 1.92 bits per heavy atom. The van der Waals surface area contributed by atoms with Gasteiger partial charge in [-0.1, -0.05) is 6.08 Å². The molecule has 1 atom stereocenters. The Morgan fingerprint density at radius 1 is 1.38 bits per heavy atom. The molecule has 13 heavy (non-hydrogen) atoms. The van der Waals surface area contributed by atoms with Crippen LogP contribution in [0, 0.1) is 11.3 Å². The second-order valence-electron chi connectivity index (χ2n) is 2.46. The highest BCUT2D eigenvalue weighted by Gasteiger charge is 2.27. The Labute approximate surface area is 78.7 Å². The molecule has 0 aliphatic heterocycles. The van der Waals surface area contributed by atoms with Crippen LogP contribution in [0.5, 0.6) is 0 Å². The summed E-state index contributed by atoms with van der Waals surface area (Å²) in [7, 11) is 2.90. The van der Waals surface area contributed by atoms with E-state index in [9.17, 15) is 0 Å². The van der Waals surface area contributed by atoms with Crippen molar-refractivity contribution in [3.8, 4) is 6.07 Å². The third-order valence-corrected chi connectivity index (χ3v) is 1.58. The molecule has 0 aliphatic carbocycles. The van der Waals surface area contributed by atoms with Gasteiger partial charge in [-0.05, 0) is 13.0 Å². The van der Waals surface area contributed by atoms with Gasteiger partial charge in [0.1, 0.15) is 0 Å². The van der Waals surface area contributed by atoms with E-state index in [2.05, 4.69) is 0 Å². The summed E-state index contributed by atoms with van der Waals surface area (Å²) in [6.07, 6.45) is 2.70. The van der Waals surface area contributed by atoms with Crippen molar-refractivity contribution in [2.24, 2.45) is 0 Å². The second kappa shape index (κ2) is 5.70. The first-order chi connectivity index (χ1) is 6.11. The van der Waals surface area contributed by atoms with Crippen LogP contribution in [-0.4, -0.2) is 26.3 Å². The van der Waals surface area contributed by atoms with Crippen molar-refractivity contribution in [2.75, 3.05) is 14.2 Å². The molecule has 0 saturated carbocycles. The zero-order valence-corrected chi connectivity index (χ0v) is 8.40. The highest BCUT2D eigenvalue weighted by Crippen LogP contribution is 2.14. The summed E-state index contributed by atoms with van der Waals surface area (Å²) in [5.41, 5.74) is 0. The lowest BCUT2D eigenvalue weighted by Gasteiger charge is -2.27. The zero-order chi connectivity index (χ0) is 10.3. The molecule has 4 nitrogen and oxygen atoms in total. The van der Waals surface area contributed by atoms with Gasteiger partial charge in [-0.3, -0.25) is 0 Å². The number of allylic oxidation sites excluding steroid dienone is 1. The van der Waals surface area contributed by atoms with E-state index in [1.54, 1.807) is 19.1 Å². The van der Waals surface area contributed by atoms with E-state index in [4.69, 9.17) is 19.5 Å². The van der Waals surface area contributed by atoms with Gasteiger partial charge < -0.3 is 14.2 Å². The van der Waals surface area contributed by atoms with Gasteiger partial charge >= 0.3 is 0 Å². The SMILES string of the molecule is C/C=C/C(C#N)OC(C)(OC)OC. The lowest BCUT2D eigenvalue weighted by atomic mass is 10.3. The Kier molecular flexibility index (Phi) is 5.31. The number of nitriles is 1. The van der Waals surface area contributed by atoms with Gasteiger partial charge in [-0.15, -0.1) is 0 Å². The van der Waals surface area contributed by atoms with Crippen molar-refractivity contribution >= 4 is 0 Å².